The van der Waals surface area contributed by atoms with Crippen LogP contribution in [-0.4, -0.2) is 26.3 Å². The number of benzene rings is 1. The zero-order valence-corrected chi connectivity index (χ0v) is 11.2. The van der Waals surface area contributed by atoms with E-state index in [1.165, 1.54) is 5.56 Å². The Labute approximate surface area is 104 Å². The van der Waals surface area contributed by atoms with Gasteiger partial charge in [0.05, 0.1) is 13.2 Å². The van der Waals surface area contributed by atoms with Crippen molar-refractivity contribution < 1.29 is 9.47 Å². The highest BCUT2D eigenvalue weighted by Gasteiger charge is 2.07. The fourth-order valence-corrected chi connectivity index (χ4v) is 1.68. The maximum Gasteiger partial charge on any atom is 0.161 e. The number of likely N-dealkylation sites (N-methyl/N-ethyl adjacent to an activating group) is 1. The van der Waals surface area contributed by atoms with Crippen molar-refractivity contribution in [3.8, 4) is 11.5 Å². The van der Waals surface area contributed by atoms with Crippen LogP contribution in [0.5, 0.6) is 11.5 Å². The van der Waals surface area contributed by atoms with Gasteiger partial charge in [0.1, 0.15) is 0 Å². The third-order valence-corrected chi connectivity index (χ3v) is 2.64. The molecule has 0 aliphatic rings. The predicted molar refractivity (Wildman–Crippen MR) is 71.0 cm³/mol. The maximum absolute atomic E-state index is 5.60. The van der Waals surface area contributed by atoms with Crippen LogP contribution in [0.25, 0.3) is 0 Å². The Morgan fingerprint density at radius 3 is 2.35 bits per heavy atom. The van der Waals surface area contributed by atoms with Gasteiger partial charge in [0.25, 0.3) is 0 Å². The van der Waals surface area contributed by atoms with E-state index in [2.05, 4.69) is 24.4 Å². The first-order valence-corrected chi connectivity index (χ1v) is 6.27. The number of ether oxygens (including phenoxy) is 2. The van der Waals surface area contributed by atoms with Crippen molar-refractivity contribution in [3.05, 3.63) is 23.8 Å². The molecule has 3 nitrogen and oxygen atoms in total. The Morgan fingerprint density at radius 2 is 1.76 bits per heavy atom. The van der Waals surface area contributed by atoms with E-state index >= 15 is 0 Å². The number of nitrogens with one attached hydrogen (secondary N) is 1. The SMILES string of the molecule is CCOc1ccc(CC(C)NC)cc1OCC. The van der Waals surface area contributed by atoms with Gasteiger partial charge in [-0.15, -0.1) is 0 Å². The van der Waals surface area contributed by atoms with E-state index in [0.717, 1.165) is 17.9 Å². The van der Waals surface area contributed by atoms with Crippen LogP contribution in [0, 0.1) is 0 Å². The van der Waals surface area contributed by atoms with Gasteiger partial charge in [-0.1, -0.05) is 6.07 Å². The van der Waals surface area contributed by atoms with E-state index in [9.17, 15) is 0 Å². The summed E-state index contributed by atoms with van der Waals surface area (Å²) >= 11 is 0. The zero-order chi connectivity index (χ0) is 12.7. The summed E-state index contributed by atoms with van der Waals surface area (Å²) in [7, 11) is 1.97. The van der Waals surface area contributed by atoms with Crippen molar-refractivity contribution in [1.82, 2.24) is 5.32 Å². The Morgan fingerprint density at radius 1 is 1.12 bits per heavy atom. The Bertz CT molecular complexity index is 339. The molecule has 0 saturated heterocycles. The Balaban J connectivity index is 2.84. The van der Waals surface area contributed by atoms with Gasteiger partial charge >= 0.3 is 0 Å². The summed E-state index contributed by atoms with van der Waals surface area (Å²) in [5.74, 6) is 1.67. The molecule has 0 bridgehead atoms. The lowest BCUT2D eigenvalue weighted by Gasteiger charge is -2.14. The highest BCUT2D eigenvalue weighted by molar-refractivity contribution is 5.43. The second-order valence-corrected chi connectivity index (χ2v) is 4.04. The lowest BCUT2D eigenvalue weighted by atomic mass is 10.1. The molecule has 1 atom stereocenters. The third-order valence-electron chi connectivity index (χ3n) is 2.64. The van der Waals surface area contributed by atoms with Crippen LogP contribution in [-0.2, 0) is 6.42 Å². The summed E-state index contributed by atoms with van der Waals surface area (Å²) < 4.78 is 11.1. The van der Waals surface area contributed by atoms with Crippen LogP contribution in [0.3, 0.4) is 0 Å². The third kappa shape index (κ3) is 4.27. The first kappa shape index (κ1) is 13.8. The van der Waals surface area contributed by atoms with E-state index in [-0.39, 0.29) is 0 Å². The van der Waals surface area contributed by atoms with E-state index in [0.29, 0.717) is 19.3 Å². The van der Waals surface area contributed by atoms with Gasteiger partial charge in [0.15, 0.2) is 11.5 Å². The monoisotopic (exact) mass is 237 g/mol. The summed E-state index contributed by atoms with van der Waals surface area (Å²) in [5, 5.41) is 3.23. The fraction of sp³-hybridized carbons (Fsp3) is 0.571. The Kier molecular flexibility index (Phi) is 5.84. The quantitative estimate of drug-likeness (QED) is 0.791. The highest BCUT2D eigenvalue weighted by atomic mass is 16.5. The molecule has 0 radical (unpaired) electrons. The molecule has 0 saturated carbocycles. The number of hydrogen-bond acceptors (Lipinski definition) is 3. The lowest BCUT2D eigenvalue weighted by molar-refractivity contribution is 0.287. The summed E-state index contributed by atoms with van der Waals surface area (Å²) in [6, 6.07) is 6.62. The normalized spacial score (nSPS) is 12.2. The van der Waals surface area contributed by atoms with Crippen LogP contribution >= 0.6 is 0 Å². The van der Waals surface area contributed by atoms with E-state index in [1.54, 1.807) is 0 Å². The largest absolute Gasteiger partial charge is 0.490 e. The molecule has 96 valence electrons. The van der Waals surface area contributed by atoms with Crippen molar-refractivity contribution >= 4 is 0 Å². The molecule has 17 heavy (non-hydrogen) atoms. The van der Waals surface area contributed by atoms with Gasteiger partial charge in [-0.25, -0.2) is 0 Å². The smallest absolute Gasteiger partial charge is 0.161 e. The average molecular weight is 237 g/mol. The van der Waals surface area contributed by atoms with Gasteiger partial charge in [-0.05, 0) is 51.9 Å². The molecule has 0 spiro atoms. The molecule has 1 unspecified atom stereocenters. The molecule has 1 rings (SSSR count). The van der Waals surface area contributed by atoms with Gasteiger partial charge < -0.3 is 14.8 Å². The van der Waals surface area contributed by atoms with E-state index in [1.807, 2.05) is 27.0 Å². The minimum atomic E-state index is 0.461. The molecule has 1 aromatic carbocycles. The number of hydrogen-bond donors (Lipinski definition) is 1. The van der Waals surface area contributed by atoms with Crippen molar-refractivity contribution in [2.75, 3.05) is 20.3 Å². The average Bonchev–Trinajstić information content (AvgIpc) is 2.33. The van der Waals surface area contributed by atoms with Crippen LogP contribution in [0.15, 0.2) is 18.2 Å². The second-order valence-electron chi connectivity index (χ2n) is 4.04. The first-order valence-electron chi connectivity index (χ1n) is 6.27. The van der Waals surface area contributed by atoms with E-state index < -0.39 is 0 Å². The van der Waals surface area contributed by atoms with Crippen LogP contribution in [0.4, 0.5) is 0 Å². The summed E-state index contributed by atoms with van der Waals surface area (Å²) in [6.45, 7) is 7.44. The minimum Gasteiger partial charge on any atom is -0.490 e. The van der Waals surface area contributed by atoms with Crippen molar-refractivity contribution in [1.29, 1.82) is 0 Å². The first-order chi connectivity index (χ1) is 8.21. The molecule has 0 amide bonds. The number of rotatable bonds is 7. The van der Waals surface area contributed by atoms with Crippen LogP contribution in [0.1, 0.15) is 26.3 Å². The molecule has 3 heteroatoms. The lowest BCUT2D eigenvalue weighted by Crippen LogP contribution is -2.23. The molecule has 1 aromatic rings. The maximum atomic E-state index is 5.60. The summed E-state index contributed by atoms with van der Waals surface area (Å²) in [6.07, 6.45) is 0.989. The highest BCUT2D eigenvalue weighted by Crippen LogP contribution is 2.28. The van der Waals surface area contributed by atoms with Crippen molar-refractivity contribution in [2.45, 2.75) is 33.2 Å². The fourth-order valence-electron chi connectivity index (χ4n) is 1.68. The molecular formula is C14H23NO2. The molecule has 0 aliphatic carbocycles. The Hall–Kier alpha value is -1.22. The molecule has 0 aromatic heterocycles. The van der Waals surface area contributed by atoms with Crippen LogP contribution < -0.4 is 14.8 Å². The molecule has 1 N–H and O–H groups in total. The topological polar surface area (TPSA) is 30.5 Å². The molecular weight excluding hydrogens is 214 g/mol. The van der Waals surface area contributed by atoms with Gasteiger partial charge in [0.2, 0.25) is 0 Å². The summed E-state index contributed by atoms with van der Waals surface area (Å²) in [4.78, 5) is 0. The predicted octanol–water partition coefficient (Wildman–Crippen LogP) is 2.63. The minimum absolute atomic E-state index is 0.461. The van der Waals surface area contributed by atoms with Crippen LogP contribution in [0.2, 0.25) is 0 Å². The van der Waals surface area contributed by atoms with Gasteiger partial charge in [-0.2, -0.15) is 0 Å². The van der Waals surface area contributed by atoms with Crippen molar-refractivity contribution in [3.63, 3.8) is 0 Å². The molecule has 0 fully saturated rings. The van der Waals surface area contributed by atoms with Gasteiger partial charge in [0, 0.05) is 6.04 Å². The molecule has 0 heterocycles. The second kappa shape index (κ2) is 7.17. The molecule has 0 aliphatic heterocycles. The van der Waals surface area contributed by atoms with E-state index in [4.69, 9.17) is 9.47 Å². The van der Waals surface area contributed by atoms with Crippen molar-refractivity contribution in [2.24, 2.45) is 0 Å². The summed E-state index contributed by atoms with van der Waals surface area (Å²) in [5.41, 5.74) is 1.26. The van der Waals surface area contributed by atoms with Gasteiger partial charge in [-0.3, -0.25) is 0 Å². The zero-order valence-electron chi connectivity index (χ0n) is 11.2. The standard InChI is InChI=1S/C14H23NO2/c1-5-16-13-8-7-12(9-11(3)15-4)10-14(13)17-6-2/h7-8,10-11,15H,5-6,9H2,1-4H3.